The van der Waals surface area contributed by atoms with E-state index in [0.29, 0.717) is 23.8 Å². The van der Waals surface area contributed by atoms with Gasteiger partial charge in [0.25, 0.3) is 0 Å². The monoisotopic (exact) mass is 334 g/mol. The highest BCUT2D eigenvalue weighted by Gasteiger charge is 2.22. The van der Waals surface area contributed by atoms with Crippen LogP contribution in [0.1, 0.15) is 85.2 Å². The molecule has 0 saturated carbocycles. The first kappa shape index (κ1) is 20.2. The number of carboxylic acid groups (broad SMARTS) is 2. The van der Waals surface area contributed by atoms with Gasteiger partial charge in [-0.25, -0.2) is 9.59 Å². The molecule has 0 saturated heterocycles. The molecule has 0 atom stereocenters. The number of aromatic carboxylic acids is 2. The molecule has 1 aromatic rings. The smallest absolute Gasteiger partial charge is 0.336 e. The normalized spacial score (nSPS) is 11.2. The van der Waals surface area contributed by atoms with E-state index in [2.05, 4.69) is 27.7 Å². The quantitative estimate of drug-likeness (QED) is 0.588. The molecule has 0 radical (unpaired) electrons. The van der Waals surface area contributed by atoms with Crippen LogP contribution in [0.4, 0.5) is 0 Å². The number of hydrogen-bond acceptors (Lipinski definition) is 2. The molecule has 0 heterocycles. The number of hydrogen-bond donors (Lipinski definition) is 2. The van der Waals surface area contributed by atoms with Crippen LogP contribution in [0, 0.1) is 11.8 Å². The predicted octanol–water partition coefficient (Wildman–Crippen LogP) is 5.04. The predicted molar refractivity (Wildman–Crippen MR) is 95.9 cm³/mol. The van der Waals surface area contributed by atoms with E-state index < -0.39 is 11.9 Å². The molecule has 4 heteroatoms. The third-order valence-electron chi connectivity index (χ3n) is 4.19. The summed E-state index contributed by atoms with van der Waals surface area (Å²) in [6.45, 7) is 8.55. The molecule has 0 bridgehead atoms. The van der Waals surface area contributed by atoms with Crippen molar-refractivity contribution in [2.75, 3.05) is 0 Å². The second-order valence-corrected chi connectivity index (χ2v) is 7.33. The summed E-state index contributed by atoms with van der Waals surface area (Å²) >= 11 is 0. The van der Waals surface area contributed by atoms with Gasteiger partial charge in [-0.1, -0.05) is 53.0 Å². The molecular weight excluding hydrogens is 304 g/mol. The van der Waals surface area contributed by atoms with Crippen LogP contribution in [0.25, 0.3) is 0 Å². The van der Waals surface area contributed by atoms with Crippen LogP contribution >= 0.6 is 0 Å². The minimum Gasteiger partial charge on any atom is -0.478 e. The Labute approximate surface area is 144 Å². The summed E-state index contributed by atoms with van der Waals surface area (Å²) in [7, 11) is 0. The first-order valence-electron chi connectivity index (χ1n) is 8.85. The summed E-state index contributed by atoms with van der Waals surface area (Å²) < 4.78 is 0. The van der Waals surface area contributed by atoms with E-state index in [0.717, 1.165) is 31.2 Å². The van der Waals surface area contributed by atoms with Crippen LogP contribution < -0.4 is 0 Å². The highest BCUT2D eigenvalue weighted by Crippen LogP contribution is 2.25. The first-order chi connectivity index (χ1) is 11.2. The fourth-order valence-electron chi connectivity index (χ4n) is 3.06. The van der Waals surface area contributed by atoms with Crippen LogP contribution in [0.5, 0.6) is 0 Å². The number of unbranched alkanes of at least 4 members (excludes halogenated alkanes) is 2. The van der Waals surface area contributed by atoms with Crippen molar-refractivity contribution in [1.82, 2.24) is 0 Å². The van der Waals surface area contributed by atoms with E-state index in [1.165, 1.54) is 12.5 Å². The van der Waals surface area contributed by atoms with Crippen molar-refractivity contribution >= 4 is 11.9 Å². The number of carbonyl (C=O) groups is 2. The molecule has 0 aliphatic heterocycles. The number of carboxylic acids is 2. The molecule has 1 rings (SSSR count). The molecule has 1 aromatic carbocycles. The highest BCUT2D eigenvalue weighted by atomic mass is 16.4. The van der Waals surface area contributed by atoms with Gasteiger partial charge in [-0.3, -0.25) is 0 Å². The van der Waals surface area contributed by atoms with E-state index in [1.54, 1.807) is 6.07 Å². The lowest BCUT2D eigenvalue weighted by Gasteiger charge is -2.16. The van der Waals surface area contributed by atoms with Crippen LogP contribution in [-0.2, 0) is 12.8 Å². The summed E-state index contributed by atoms with van der Waals surface area (Å²) in [6.07, 6.45) is 5.61. The maximum Gasteiger partial charge on any atom is 0.336 e. The fraction of sp³-hybridized carbons (Fsp3) is 0.600. The molecule has 0 spiro atoms. The minimum absolute atomic E-state index is 0.0236. The van der Waals surface area contributed by atoms with Crippen LogP contribution in [0.2, 0.25) is 0 Å². The lowest BCUT2D eigenvalue weighted by molar-refractivity contribution is 0.0650. The Bertz CT molecular complexity index is 573. The van der Waals surface area contributed by atoms with Crippen molar-refractivity contribution in [3.05, 3.63) is 34.4 Å². The van der Waals surface area contributed by atoms with Gasteiger partial charge in [-0.15, -0.1) is 0 Å². The second-order valence-electron chi connectivity index (χ2n) is 7.33. The second kappa shape index (κ2) is 9.45. The average Bonchev–Trinajstić information content (AvgIpc) is 2.46. The molecule has 2 N–H and O–H groups in total. The van der Waals surface area contributed by atoms with Crippen molar-refractivity contribution in [2.45, 2.75) is 66.2 Å². The average molecular weight is 334 g/mol. The fourth-order valence-corrected chi connectivity index (χ4v) is 3.06. The highest BCUT2D eigenvalue weighted by molar-refractivity contribution is 6.03. The van der Waals surface area contributed by atoms with Gasteiger partial charge in [0.15, 0.2) is 0 Å². The molecule has 134 valence electrons. The Morgan fingerprint density at radius 2 is 1.58 bits per heavy atom. The molecule has 0 aliphatic carbocycles. The molecular formula is C20H30O4. The van der Waals surface area contributed by atoms with Gasteiger partial charge in [0.05, 0.1) is 11.1 Å². The summed E-state index contributed by atoms with van der Waals surface area (Å²) in [4.78, 5) is 23.1. The van der Waals surface area contributed by atoms with E-state index in [-0.39, 0.29) is 11.1 Å². The Morgan fingerprint density at radius 1 is 0.917 bits per heavy atom. The van der Waals surface area contributed by atoms with E-state index in [1.807, 2.05) is 0 Å². The van der Waals surface area contributed by atoms with Crippen LogP contribution in [0.15, 0.2) is 12.1 Å². The molecule has 24 heavy (non-hydrogen) atoms. The molecule has 0 aromatic heterocycles. The van der Waals surface area contributed by atoms with Crippen molar-refractivity contribution in [1.29, 1.82) is 0 Å². The Morgan fingerprint density at radius 3 is 2.08 bits per heavy atom. The molecule has 0 fully saturated rings. The lowest BCUT2D eigenvalue weighted by atomic mass is 9.88. The largest absolute Gasteiger partial charge is 0.478 e. The third-order valence-corrected chi connectivity index (χ3v) is 4.19. The molecule has 4 nitrogen and oxygen atoms in total. The molecule has 0 aliphatic rings. The topological polar surface area (TPSA) is 74.6 Å². The van der Waals surface area contributed by atoms with Gasteiger partial charge < -0.3 is 10.2 Å². The van der Waals surface area contributed by atoms with Crippen molar-refractivity contribution in [3.63, 3.8) is 0 Å². The van der Waals surface area contributed by atoms with Gasteiger partial charge in [-0.2, -0.15) is 0 Å². The summed E-state index contributed by atoms with van der Waals surface area (Å²) in [5.74, 6) is -1.26. The van der Waals surface area contributed by atoms with Gasteiger partial charge in [0.2, 0.25) is 0 Å². The Hall–Kier alpha value is -1.84. The molecule has 0 unspecified atom stereocenters. The molecule has 0 amide bonds. The zero-order valence-corrected chi connectivity index (χ0v) is 15.3. The van der Waals surface area contributed by atoms with Gasteiger partial charge in [0.1, 0.15) is 0 Å². The maximum atomic E-state index is 11.7. The summed E-state index contributed by atoms with van der Waals surface area (Å²) in [5, 5.41) is 18.9. The van der Waals surface area contributed by atoms with E-state index in [4.69, 9.17) is 0 Å². The maximum absolute atomic E-state index is 11.7. The standard InChI is InChI=1S/C20H30O4/c1-13(2)8-6-5-7-9-16-15(12-14(3)4)10-11-17(19(21)22)18(16)20(23)24/h10-11,13-14H,5-9,12H2,1-4H3,(H,21,22)(H,23,24). The Kier molecular flexibility index (Phi) is 7.96. The minimum atomic E-state index is -1.18. The van der Waals surface area contributed by atoms with Crippen LogP contribution in [0.3, 0.4) is 0 Å². The van der Waals surface area contributed by atoms with Crippen LogP contribution in [-0.4, -0.2) is 22.2 Å². The number of benzene rings is 1. The van der Waals surface area contributed by atoms with Gasteiger partial charge >= 0.3 is 11.9 Å². The van der Waals surface area contributed by atoms with Crippen molar-refractivity contribution in [2.24, 2.45) is 11.8 Å². The third kappa shape index (κ3) is 5.99. The zero-order chi connectivity index (χ0) is 18.3. The zero-order valence-electron chi connectivity index (χ0n) is 15.3. The Balaban J connectivity index is 3.07. The lowest BCUT2D eigenvalue weighted by Crippen LogP contribution is -2.14. The van der Waals surface area contributed by atoms with Crippen molar-refractivity contribution < 1.29 is 19.8 Å². The van der Waals surface area contributed by atoms with E-state index in [9.17, 15) is 19.8 Å². The first-order valence-corrected chi connectivity index (χ1v) is 8.85. The SMILES string of the molecule is CC(C)CCCCCc1c(CC(C)C)ccc(C(=O)O)c1C(=O)O. The van der Waals surface area contributed by atoms with Gasteiger partial charge in [0, 0.05) is 0 Å². The number of rotatable bonds is 10. The van der Waals surface area contributed by atoms with Gasteiger partial charge in [-0.05, 0) is 48.3 Å². The van der Waals surface area contributed by atoms with Crippen molar-refractivity contribution in [3.8, 4) is 0 Å². The van der Waals surface area contributed by atoms with E-state index >= 15 is 0 Å². The summed E-state index contributed by atoms with van der Waals surface area (Å²) in [6, 6.07) is 3.23. The summed E-state index contributed by atoms with van der Waals surface area (Å²) in [5.41, 5.74) is 1.55.